The summed E-state index contributed by atoms with van der Waals surface area (Å²) in [6.07, 6.45) is 10.7. The highest BCUT2D eigenvalue weighted by Gasteiger charge is 2.28. The Hall–Kier alpha value is -1.69. The number of aromatic nitrogens is 2. The van der Waals surface area contributed by atoms with E-state index in [2.05, 4.69) is 33.2 Å². The lowest BCUT2D eigenvalue weighted by atomic mass is 9.92. The smallest absolute Gasteiger partial charge is 0.223 e. The Morgan fingerprint density at radius 3 is 2.69 bits per heavy atom. The molecule has 1 aliphatic carbocycles. The van der Waals surface area contributed by atoms with Crippen molar-refractivity contribution in [3.05, 3.63) is 17.3 Å². The molecular formula is C20H28N4OS. The monoisotopic (exact) mass is 372 g/mol. The molecule has 0 aromatic carbocycles. The molecule has 1 aliphatic heterocycles. The minimum Gasteiger partial charge on any atom is -0.356 e. The summed E-state index contributed by atoms with van der Waals surface area (Å²) in [5.74, 6) is 1.46. The van der Waals surface area contributed by atoms with Gasteiger partial charge in [0.1, 0.15) is 17.0 Å². The lowest BCUT2D eigenvalue weighted by molar-refractivity contribution is -0.126. The van der Waals surface area contributed by atoms with E-state index in [1.54, 1.807) is 17.7 Å². The van der Waals surface area contributed by atoms with E-state index in [-0.39, 0.29) is 11.8 Å². The Morgan fingerprint density at radius 2 is 1.96 bits per heavy atom. The molecule has 6 heteroatoms. The quantitative estimate of drug-likeness (QED) is 0.884. The molecule has 0 atom stereocenters. The number of thiophene rings is 1. The Bertz CT molecular complexity index is 760. The first-order valence-corrected chi connectivity index (χ1v) is 10.8. The van der Waals surface area contributed by atoms with E-state index in [1.165, 1.54) is 29.5 Å². The van der Waals surface area contributed by atoms with Gasteiger partial charge in [-0.15, -0.1) is 11.3 Å². The summed E-state index contributed by atoms with van der Waals surface area (Å²) in [6, 6.07) is 2.64. The molecule has 2 aromatic heterocycles. The Labute approximate surface area is 159 Å². The fraction of sp³-hybridized carbons (Fsp3) is 0.650. The van der Waals surface area contributed by atoms with Crippen molar-refractivity contribution in [2.24, 2.45) is 5.92 Å². The summed E-state index contributed by atoms with van der Waals surface area (Å²) in [7, 11) is 0. The zero-order valence-corrected chi connectivity index (χ0v) is 16.4. The van der Waals surface area contributed by atoms with Gasteiger partial charge in [0.2, 0.25) is 5.91 Å². The molecule has 0 radical (unpaired) electrons. The number of amides is 1. The van der Waals surface area contributed by atoms with Crippen LogP contribution in [0.2, 0.25) is 0 Å². The average molecular weight is 373 g/mol. The zero-order chi connectivity index (χ0) is 17.9. The number of anilines is 1. The maximum Gasteiger partial charge on any atom is 0.223 e. The van der Waals surface area contributed by atoms with Crippen molar-refractivity contribution in [1.29, 1.82) is 0 Å². The van der Waals surface area contributed by atoms with Crippen LogP contribution in [0, 0.1) is 5.92 Å². The topological polar surface area (TPSA) is 58.1 Å². The van der Waals surface area contributed by atoms with Crippen LogP contribution in [0.5, 0.6) is 0 Å². The first-order valence-electron chi connectivity index (χ1n) is 10.0. The average Bonchev–Trinajstić information content (AvgIpc) is 3.12. The van der Waals surface area contributed by atoms with Crippen LogP contribution >= 0.6 is 11.3 Å². The Balaban J connectivity index is 1.39. The summed E-state index contributed by atoms with van der Waals surface area (Å²) >= 11 is 1.76. The van der Waals surface area contributed by atoms with Gasteiger partial charge in [0.05, 0.1) is 5.39 Å². The van der Waals surface area contributed by atoms with Crippen molar-refractivity contribution in [2.45, 2.75) is 64.3 Å². The van der Waals surface area contributed by atoms with Crippen LogP contribution in [0.15, 0.2) is 12.4 Å². The predicted molar refractivity (Wildman–Crippen MR) is 107 cm³/mol. The summed E-state index contributed by atoms with van der Waals surface area (Å²) < 4.78 is 0. The number of hydrogen-bond donors (Lipinski definition) is 1. The van der Waals surface area contributed by atoms with E-state index >= 15 is 0 Å². The maximum atomic E-state index is 12.6. The van der Waals surface area contributed by atoms with Crippen molar-refractivity contribution in [3.8, 4) is 0 Å². The minimum absolute atomic E-state index is 0.152. The van der Waals surface area contributed by atoms with E-state index in [9.17, 15) is 4.79 Å². The number of nitrogens with one attached hydrogen (secondary N) is 1. The number of carbonyl (C=O) groups excluding carboxylic acids is 1. The van der Waals surface area contributed by atoms with E-state index in [0.29, 0.717) is 6.04 Å². The van der Waals surface area contributed by atoms with Crippen molar-refractivity contribution in [2.75, 3.05) is 18.0 Å². The lowest BCUT2D eigenvalue weighted by Crippen LogP contribution is -2.44. The first-order chi connectivity index (χ1) is 12.7. The van der Waals surface area contributed by atoms with Crippen molar-refractivity contribution in [3.63, 3.8) is 0 Å². The van der Waals surface area contributed by atoms with E-state index in [1.807, 2.05) is 0 Å². The van der Waals surface area contributed by atoms with Crippen LogP contribution in [-0.2, 0) is 11.2 Å². The van der Waals surface area contributed by atoms with E-state index < -0.39 is 0 Å². The Kier molecular flexibility index (Phi) is 5.38. The van der Waals surface area contributed by atoms with Crippen LogP contribution < -0.4 is 10.2 Å². The SMILES string of the molecule is CCc1cc2c(N3CCC(C(=O)NC4CCCCC4)CC3)ncnc2s1. The molecule has 1 N–H and O–H groups in total. The van der Waals surface area contributed by atoms with Gasteiger partial charge in [-0.1, -0.05) is 26.2 Å². The number of carbonyl (C=O) groups is 1. The number of fused-ring (bicyclic) bond motifs is 1. The number of nitrogens with zero attached hydrogens (tertiary/aromatic N) is 3. The molecule has 2 fully saturated rings. The molecule has 3 heterocycles. The third kappa shape index (κ3) is 3.70. The second-order valence-corrected chi connectivity index (χ2v) is 8.70. The van der Waals surface area contributed by atoms with Gasteiger partial charge < -0.3 is 10.2 Å². The van der Waals surface area contributed by atoms with Crippen LogP contribution in [0.25, 0.3) is 10.2 Å². The van der Waals surface area contributed by atoms with Gasteiger partial charge in [-0.05, 0) is 38.2 Å². The van der Waals surface area contributed by atoms with Gasteiger partial charge in [-0.2, -0.15) is 0 Å². The fourth-order valence-corrected chi connectivity index (χ4v) is 5.17. The van der Waals surface area contributed by atoms with Crippen molar-refractivity contribution >= 4 is 33.3 Å². The maximum absolute atomic E-state index is 12.6. The standard InChI is InChI=1S/C20H28N4OS/c1-2-16-12-17-18(21-13-22-20(17)26-16)24-10-8-14(9-11-24)19(25)23-15-6-4-3-5-7-15/h12-15H,2-11H2,1H3,(H,23,25). The molecule has 5 nitrogen and oxygen atoms in total. The number of rotatable bonds is 4. The van der Waals surface area contributed by atoms with Gasteiger partial charge in [0.25, 0.3) is 0 Å². The molecule has 1 saturated heterocycles. The van der Waals surface area contributed by atoms with Crippen LogP contribution in [0.4, 0.5) is 5.82 Å². The highest BCUT2D eigenvalue weighted by atomic mass is 32.1. The van der Waals surface area contributed by atoms with Gasteiger partial charge in [0, 0.05) is 29.9 Å². The molecule has 2 aromatic rings. The van der Waals surface area contributed by atoms with Crippen LogP contribution in [0.1, 0.15) is 56.7 Å². The van der Waals surface area contributed by atoms with Crippen LogP contribution in [-0.4, -0.2) is 35.0 Å². The van der Waals surface area contributed by atoms with Crippen molar-refractivity contribution < 1.29 is 4.79 Å². The minimum atomic E-state index is 0.152. The molecule has 0 unspecified atom stereocenters. The van der Waals surface area contributed by atoms with Gasteiger partial charge in [0.15, 0.2) is 0 Å². The molecule has 0 bridgehead atoms. The molecule has 4 rings (SSSR count). The van der Waals surface area contributed by atoms with E-state index in [0.717, 1.165) is 55.8 Å². The predicted octanol–water partition coefficient (Wildman–Crippen LogP) is 3.92. The number of aryl methyl sites for hydroxylation is 1. The second kappa shape index (κ2) is 7.91. The first kappa shape index (κ1) is 17.7. The number of hydrogen-bond acceptors (Lipinski definition) is 5. The van der Waals surface area contributed by atoms with Gasteiger partial charge in [-0.3, -0.25) is 4.79 Å². The fourth-order valence-electron chi connectivity index (χ4n) is 4.24. The van der Waals surface area contributed by atoms with Gasteiger partial charge >= 0.3 is 0 Å². The molecule has 140 valence electrons. The number of piperidine rings is 1. The van der Waals surface area contributed by atoms with Crippen molar-refractivity contribution in [1.82, 2.24) is 15.3 Å². The summed E-state index contributed by atoms with van der Waals surface area (Å²) in [6.45, 7) is 3.96. The van der Waals surface area contributed by atoms with Gasteiger partial charge in [-0.25, -0.2) is 9.97 Å². The molecule has 0 spiro atoms. The molecule has 26 heavy (non-hydrogen) atoms. The molecule has 1 amide bonds. The third-order valence-corrected chi connectivity index (χ3v) is 7.01. The zero-order valence-electron chi connectivity index (χ0n) is 15.5. The second-order valence-electron chi connectivity index (χ2n) is 7.59. The largest absolute Gasteiger partial charge is 0.356 e. The molecule has 2 aliphatic rings. The molecule has 1 saturated carbocycles. The normalized spacial score (nSPS) is 19.8. The highest BCUT2D eigenvalue weighted by Crippen LogP contribution is 2.32. The molecular weight excluding hydrogens is 344 g/mol. The Morgan fingerprint density at radius 1 is 1.19 bits per heavy atom. The summed E-state index contributed by atoms with van der Waals surface area (Å²) in [5, 5.41) is 4.47. The summed E-state index contributed by atoms with van der Waals surface area (Å²) in [4.78, 5) is 26.4. The van der Waals surface area contributed by atoms with E-state index in [4.69, 9.17) is 0 Å². The highest BCUT2D eigenvalue weighted by molar-refractivity contribution is 7.18. The third-order valence-electron chi connectivity index (χ3n) is 5.82. The summed E-state index contributed by atoms with van der Waals surface area (Å²) in [5.41, 5.74) is 0. The van der Waals surface area contributed by atoms with Crippen LogP contribution in [0.3, 0.4) is 0 Å². The lowest BCUT2D eigenvalue weighted by Gasteiger charge is -2.33.